The summed E-state index contributed by atoms with van der Waals surface area (Å²) >= 11 is 6.84. The quantitative estimate of drug-likeness (QED) is 0.135. The van der Waals surface area contributed by atoms with Crippen molar-refractivity contribution in [1.29, 1.82) is 0 Å². The SMILES string of the molecule is COC(=O)c1cc([C@@H]2CC[N+](C)(CCNC(=O)c3ccc(OCc4ccc(OC)cc4)c(OCc4ccc(OC)cc4)c3Cl)C2)no1. The van der Waals surface area contributed by atoms with E-state index in [0.29, 0.717) is 18.8 Å². The molecule has 1 aliphatic rings. The second-order valence-electron chi connectivity index (χ2n) is 11.6. The summed E-state index contributed by atoms with van der Waals surface area (Å²) in [5, 5.41) is 7.27. The van der Waals surface area contributed by atoms with Gasteiger partial charge >= 0.3 is 5.97 Å². The van der Waals surface area contributed by atoms with Crippen molar-refractivity contribution in [3.63, 3.8) is 0 Å². The molecule has 1 unspecified atom stereocenters. The molecule has 0 radical (unpaired) electrons. The van der Waals surface area contributed by atoms with Gasteiger partial charge in [-0.3, -0.25) is 4.79 Å². The number of hydrogen-bond donors (Lipinski definition) is 1. The van der Waals surface area contributed by atoms with Crippen LogP contribution in [0.25, 0.3) is 0 Å². The average Bonchev–Trinajstić information content (AvgIpc) is 3.74. The summed E-state index contributed by atoms with van der Waals surface area (Å²) in [7, 11) is 6.67. The fraction of sp³-hybridized carbons (Fsp3) is 0.343. The number of likely N-dealkylation sites (N-methyl/N-ethyl adjacent to an activating group) is 1. The van der Waals surface area contributed by atoms with E-state index in [1.165, 1.54) is 7.11 Å². The smallest absolute Gasteiger partial charge is 0.376 e. The Morgan fingerprint density at radius 3 is 2.19 bits per heavy atom. The molecule has 0 spiro atoms. The monoisotopic (exact) mass is 664 g/mol. The van der Waals surface area contributed by atoms with Crippen LogP contribution in [0, 0.1) is 0 Å². The lowest BCUT2D eigenvalue weighted by molar-refractivity contribution is -0.897. The molecule has 12 heteroatoms. The number of rotatable bonds is 14. The number of carbonyl (C=O) groups is 2. The number of esters is 1. The lowest BCUT2D eigenvalue weighted by atomic mass is 10.1. The lowest BCUT2D eigenvalue weighted by Crippen LogP contribution is -2.46. The van der Waals surface area contributed by atoms with Gasteiger partial charge in [0.05, 0.1) is 76.8 Å². The summed E-state index contributed by atoms with van der Waals surface area (Å²) in [4.78, 5) is 25.1. The summed E-state index contributed by atoms with van der Waals surface area (Å²) in [6.07, 6.45) is 0.885. The first-order valence-electron chi connectivity index (χ1n) is 15.2. The largest absolute Gasteiger partial charge is 0.497 e. The Balaban J connectivity index is 1.24. The van der Waals surface area contributed by atoms with Crippen molar-refractivity contribution in [2.75, 3.05) is 54.6 Å². The Labute approximate surface area is 278 Å². The number of quaternary nitrogens is 1. The lowest BCUT2D eigenvalue weighted by Gasteiger charge is -2.29. The third-order valence-corrected chi connectivity index (χ3v) is 8.73. The van der Waals surface area contributed by atoms with Gasteiger partial charge in [-0.1, -0.05) is 41.0 Å². The summed E-state index contributed by atoms with van der Waals surface area (Å²) in [6, 6.07) is 20.0. The highest BCUT2D eigenvalue weighted by molar-refractivity contribution is 6.35. The number of nitrogens with zero attached hydrogens (tertiary/aromatic N) is 2. The Bertz CT molecular complexity index is 1680. The van der Waals surface area contributed by atoms with Crippen LogP contribution in [0.1, 0.15) is 50.1 Å². The Hall–Kier alpha value is -4.74. The average molecular weight is 665 g/mol. The predicted molar refractivity (Wildman–Crippen MR) is 174 cm³/mol. The first kappa shape index (κ1) is 33.6. The molecule has 11 nitrogen and oxygen atoms in total. The van der Waals surface area contributed by atoms with Crippen LogP contribution in [0.2, 0.25) is 5.02 Å². The van der Waals surface area contributed by atoms with E-state index in [1.807, 2.05) is 48.5 Å². The fourth-order valence-electron chi connectivity index (χ4n) is 5.56. The maximum Gasteiger partial charge on any atom is 0.376 e. The molecule has 1 aromatic heterocycles. The summed E-state index contributed by atoms with van der Waals surface area (Å²) < 4.78 is 33.4. The Morgan fingerprint density at radius 2 is 1.57 bits per heavy atom. The number of amides is 1. The van der Waals surface area contributed by atoms with Crippen molar-refractivity contribution in [1.82, 2.24) is 10.5 Å². The number of halogens is 1. The van der Waals surface area contributed by atoms with Crippen LogP contribution in [0.4, 0.5) is 0 Å². The molecule has 1 saturated heterocycles. The zero-order valence-corrected chi connectivity index (χ0v) is 27.7. The van der Waals surface area contributed by atoms with Crippen LogP contribution in [0.5, 0.6) is 23.0 Å². The molecule has 2 heterocycles. The normalized spacial score (nSPS) is 17.2. The van der Waals surface area contributed by atoms with Crippen molar-refractivity contribution in [3.8, 4) is 23.0 Å². The number of carbonyl (C=O) groups excluding carboxylic acids is 2. The van der Waals surface area contributed by atoms with Crippen molar-refractivity contribution >= 4 is 23.5 Å². The number of likely N-dealkylation sites (tertiary alicyclic amines) is 1. The van der Waals surface area contributed by atoms with Gasteiger partial charge in [0.2, 0.25) is 5.76 Å². The minimum absolute atomic E-state index is 0.0947. The van der Waals surface area contributed by atoms with Gasteiger partial charge in [-0.05, 0) is 47.5 Å². The first-order valence-corrected chi connectivity index (χ1v) is 15.6. The maximum absolute atomic E-state index is 13.4. The summed E-state index contributed by atoms with van der Waals surface area (Å²) in [5.74, 6) is 1.56. The van der Waals surface area contributed by atoms with Crippen molar-refractivity contribution < 1.29 is 42.3 Å². The van der Waals surface area contributed by atoms with E-state index >= 15 is 0 Å². The van der Waals surface area contributed by atoms with Crippen LogP contribution >= 0.6 is 11.6 Å². The minimum atomic E-state index is -0.550. The second kappa shape index (κ2) is 15.2. The molecule has 0 bridgehead atoms. The molecular weight excluding hydrogens is 626 g/mol. The number of nitrogens with one attached hydrogen (secondary N) is 1. The van der Waals surface area contributed by atoms with Crippen LogP contribution < -0.4 is 24.3 Å². The number of ether oxygens (including phenoxy) is 5. The predicted octanol–water partition coefficient (Wildman–Crippen LogP) is 5.65. The zero-order valence-electron chi connectivity index (χ0n) is 26.9. The van der Waals surface area contributed by atoms with E-state index in [0.717, 1.165) is 52.3 Å². The molecular formula is C35H39ClN3O8+. The van der Waals surface area contributed by atoms with Crippen LogP contribution in [0.3, 0.4) is 0 Å². The number of methoxy groups -OCH3 is 3. The third kappa shape index (κ3) is 8.35. The molecule has 3 aromatic carbocycles. The molecule has 0 aliphatic carbocycles. The van der Waals surface area contributed by atoms with Gasteiger partial charge in [-0.2, -0.15) is 0 Å². The van der Waals surface area contributed by atoms with E-state index in [-0.39, 0.29) is 47.1 Å². The van der Waals surface area contributed by atoms with Crippen molar-refractivity contribution in [2.24, 2.45) is 0 Å². The van der Waals surface area contributed by atoms with Gasteiger partial charge in [0.15, 0.2) is 11.5 Å². The molecule has 47 heavy (non-hydrogen) atoms. The third-order valence-electron chi connectivity index (χ3n) is 8.35. The molecule has 1 aliphatic heterocycles. The van der Waals surface area contributed by atoms with E-state index in [9.17, 15) is 9.59 Å². The van der Waals surface area contributed by atoms with Crippen LogP contribution in [-0.2, 0) is 18.0 Å². The fourth-order valence-corrected chi connectivity index (χ4v) is 5.86. The van der Waals surface area contributed by atoms with Gasteiger partial charge in [0, 0.05) is 12.5 Å². The van der Waals surface area contributed by atoms with Gasteiger partial charge in [-0.15, -0.1) is 0 Å². The molecule has 1 fully saturated rings. The topological polar surface area (TPSA) is 118 Å². The molecule has 248 valence electrons. The number of benzene rings is 3. The minimum Gasteiger partial charge on any atom is -0.497 e. The van der Waals surface area contributed by atoms with Gasteiger partial charge in [-0.25, -0.2) is 4.79 Å². The molecule has 0 saturated carbocycles. The van der Waals surface area contributed by atoms with E-state index in [4.69, 9.17) is 39.8 Å². The Kier molecular flexibility index (Phi) is 10.9. The summed E-state index contributed by atoms with van der Waals surface area (Å²) in [5.41, 5.74) is 2.84. The molecule has 1 amide bonds. The van der Waals surface area contributed by atoms with E-state index in [1.54, 1.807) is 32.4 Å². The van der Waals surface area contributed by atoms with Crippen LogP contribution in [-0.4, -0.2) is 76.1 Å². The van der Waals surface area contributed by atoms with Gasteiger partial charge < -0.3 is 38.0 Å². The highest BCUT2D eigenvalue weighted by Gasteiger charge is 2.37. The molecule has 5 rings (SSSR count). The molecule has 2 atom stereocenters. The van der Waals surface area contributed by atoms with E-state index in [2.05, 4.69) is 17.5 Å². The number of hydrogen-bond acceptors (Lipinski definition) is 9. The highest BCUT2D eigenvalue weighted by atomic mass is 35.5. The standard InChI is InChI=1S/C35H38ClN3O8/c1-39(17-15-25(20-39)29-19-31(47-38-29)35(41)44-4)18-16-37-34(40)28-13-14-30(45-21-23-5-9-26(42-2)10-6-23)33(32(28)36)46-22-24-7-11-27(43-3)12-8-24/h5-14,19,25H,15-18,20-22H2,1-4H3/p+1/t25-,39?/m1/s1. The molecule has 1 N–H and O–H groups in total. The van der Waals surface area contributed by atoms with Crippen molar-refractivity contribution in [2.45, 2.75) is 25.6 Å². The molecule has 4 aromatic rings. The summed E-state index contributed by atoms with van der Waals surface area (Å²) in [6.45, 7) is 3.30. The maximum atomic E-state index is 13.4. The number of aromatic nitrogens is 1. The second-order valence-corrected chi connectivity index (χ2v) is 12.0. The zero-order chi connectivity index (χ0) is 33.4. The van der Waals surface area contributed by atoms with Crippen LogP contribution in [0.15, 0.2) is 71.3 Å². The van der Waals surface area contributed by atoms with Gasteiger partial charge in [0.1, 0.15) is 24.7 Å². The van der Waals surface area contributed by atoms with Crippen molar-refractivity contribution in [3.05, 3.63) is 99.9 Å². The van der Waals surface area contributed by atoms with E-state index < -0.39 is 5.97 Å². The Morgan fingerprint density at radius 1 is 0.936 bits per heavy atom. The highest BCUT2D eigenvalue weighted by Crippen LogP contribution is 2.39. The van der Waals surface area contributed by atoms with Gasteiger partial charge in [0.25, 0.3) is 5.91 Å². The first-order chi connectivity index (χ1) is 22.7.